The Morgan fingerprint density at radius 1 is 1.29 bits per heavy atom. The number of nitro groups is 1. The Morgan fingerprint density at radius 3 is 2.50 bits per heavy atom. The predicted molar refractivity (Wildman–Crippen MR) is 108 cm³/mol. The van der Waals surface area contributed by atoms with E-state index in [4.69, 9.17) is 0 Å². The van der Waals surface area contributed by atoms with Gasteiger partial charge in [0.2, 0.25) is 0 Å². The summed E-state index contributed by atoms with van der Waals surface area (Å²) >= 11 is 1.35. The molecule has 0 saturated heterocycles. The number of hydrogen-bond donors (Lipinski definition) is 0. The van der Waals surface area contributed by atoms with E-state index in [1.165, 1.54) is 36.7 Å². The summed E-state index contributed by atoms with van der Waals surface area (Å²) in [5, 5.41) is 11.1. The van der Waals surface area contributed by atoms with Gasteiger partial charge < -0.3 is 4.57 Å². The molecule has 0 aliphatic heterocycles. The zero-order valence-electron chi connectivity index (χ0n) is 15.7. The maximum Gasteiger partial charge on any atom is 0.270 e. The molecule has 0 N–H and O–H groups in total. The molecule has 6 nitrogen and oxygen atoms in total. The number of thiazole rings is 1. The average molecular weight is 398 g/mol. The zero-order valence-corrected chi connectivity index (χ0v) is 16.5. The maximum atomic E-state index is 13.4. The number of carbonyl (C=O) groups excluding carboxylic acids is 1. The Labute approximate surface area is 166 Å². The van der Waals surface area contributed by atoms with Crippen LogP contribution in [0.3, 0.4) is 0 Å². The maximum absolute atomic E-state index is 13.4. The lowest BCUT2D eigenvalue weighted by atomic mass is 9.49. The number of allylic oxidation sites excluding steroid dienone is 1. The molecule has 4 saturated carbocycles. The number of rotatable bonds is 4. The molecule has 4 fully saturated rings. The largest absolute Gasteiger partial charge is 0.312 e. The van der Waals surface area contributed by atoms with Gasteiger partial charge in [-0.15, -0.1) is 6.58 Å². The summed E-state index contributed by atoms with van der Waals surface area (Å²) in [7, 11) is 0. The van der Waals surface area contributed by atoms with E-state index >= 15 is 0 Å². The Hall–Kier alpha value is -2.28. The van der Waals surface area contributed by atoms with E-state index in [1.54, 1.807) is 18.2 Å². The fourth-order valence-electron chi connectivity index (χ4n) is 6.14. The van der Waals surface area contributed by atoms with E-state index in [0.29, 0.717) is 29.1 Å². The van der Waals surface area contributed by atoms with Gasteiger partial charge in [0.15, 0.2) is 4.80 Å². The summed E-state index contributed by atoms with van der Waals surface area (Å²) in [4.78, 5) is 29.3. The number of fused-ring (bicyclic) bond motifs is 1. The van der Waals surface area contributed by atoms with Crippen molar-refractivity contribution in [2.24, 2.45) is 28.2 Å². The number of nitrogens with zero attached hydrogens (tertiary/aromatic N) is 3. The first-order valence-corrected chi connectivity index (χ1v) is 10.8. The van der Waals surface area contributed by atoms with Gasteiger partial charge in [-0.25, -0.2) is 0 Å². The van der Waals surface area contributed by atoms with Crippen molar-refractivity contribution < 1.29 is 9.72 Å². The number of carbonyl (C=O) groups is 1. The van der Waals surface area contributed by atoms with E-state index in [9.17, 15) is 14.9 Å². The number of benzene rings is 1. The van der Waals surface area contributed by atoms with Crippen LogP contribution in [0.15, 0.2) is 35.8 Å². The van der Waals surface area contributed by atoms with Crippen molar-refractivity contribution >= 4 is 33.1 Å². The van der Waals surface area contributed by atoms with Crippen LogP contribution in [0.25, 0.3) is 10.2 Å². The van der Waals surface area contributed by atoms with Gasteiger partial charge in [-0.1, -0.05) is 17.4 Å². The lowest BCUT2D eigenvalue weighted by Gasteiger charge is -2.55. The van der Waals surface area contributed by atoms with Gasteiger partial charge in [-0.2, -0.15) is 4.99 Å². The van der Waals surface area contributed by atoms with Gasteiger partial charge in [0.1, 0.15) is 0 Å². The van der Waals surface area contributed by atoms with E-state index < -0.39 is 4.92 Å². The third kappa shape index (κ3) is 2.75. The van der Waals surface area contributed by atoms with Gasteiger partial charge in [-0.05, 0) is 62.3 Å². The van der Waals surface area contributed by atoms with Gasteiger partial charge in [-0.3, -0.25) is 14.9 Å². The molecule has 1 aromatic carbocycles. The summed E-state index contributed by atoms with van der Waals surface area (Å²) in [6.45, 7) is 4.33. The number of amides is 1. The second-order valence-corrected chi connectivity index (χ2v) is 9.82. The van der Waals surface area contributed by atoms with Crippen LogP contribution in [0, 0.1) is 33.3 Å². The SMILES string of the molecule is C=CCn1c(=NC(=O)C23CC4CC(CC(C4)C2)C3)sc2cc([N+](=O)[O-])ccc21. The van der Waals surface area contributed by atoms with Crippen LogP contribution in [0.2, 0.25) is 0 Å². The van der Waals surface area contributed by atoms with Crippen LogP contribution in [-0.2, 0) is 11.3 Å². The van der Waals surface area contributed by atoms with E-state index in [2.05, 4.69) is 11.6 Å². The molecule has 28 heavy (non-hydrogen) atoms. The second-order valence-electron chi connectivity index (χ2n) is 8.81. The molecule has 1 amide bonds. The number of hydrogen-bond acceptors (Lipinski definition) is 4. The Kier molecular flexibility index (Phi) is 4.05. The molecule has 6 rings (SSSR count). The molecule has 1 heterocycles. The first-order valence-electron chi connectivity index (χ1n) is 9.95. The Bertz CT molecular complexity index is 1030. The van der Waals surface area contributed by atoms with Crippen molar-refractivity contribution in [1.29, 1.82) is 0 Å². The molecule has 0 radical (unpaired) electrons. The highest BCUT2D eigenvalue weighted by atomic mass is 32.1. The normalized spacial score (nSPS) is 31.4. The quantitative estimate of drug-likeness (QED) is 0.435. The highest BCUT2D eigenvalue weighted by Gasteiger charge is 2.54. The lowest BCUT2D eigenvalue weighted by molar-refractivity contribution is -0.384. The summed E-state index contributed by atoms with van der Waals surface area (Å²) in [5.74, 6) is 2.09. The molecule has 146 valence electrons. The number of aromatic nitrogens is 1. The minimum atomic E-state index is -0.394. The molecular weight excluding hydrogens is 374 g/mol. The van der Waals surface area contributed by atoms with Gasteiger partial charge >= 0.3 is 0 Å². The summed E-state index contributed by atoms with van der Waals surface area (Å²) in [6.07, 6.45) is 8.58. The molecule has 4 bridgehead atoms. The highest BCUT2D eigenvalue weighted by molar-refractivity contribution is 7.16. The van der Waals surface area contributed by atoms with Crippen molar-refractivity contribution in [2.45, 2.75) is 45.1 Å². The lowest BCUT2D eigenvalue weighted by Crippen LogP contribution is -2.49. The monoisotopic (exact) mass is 397 g/mol. The van der Waals surface area contributed by atoms with Crippen LogP contribution >= 0.6 is 11.3 Å². The van der Waals surface area contributed by atoms with Crippen molar-refractivity contribution in [2.75, 3.05) is 0 Å². The molecule has 2 aromatic rings. The minimum absolute atomic E-state index is 0.0190. The summed E-state index contributed by atoms with van der Waals surface area (Å²) in [5.41, 5.74) is 0.633. The Balaban J connectivity index is 1.58. The predicted octanol–water partition coefficient (Wildman–Crippen LogP) is 4.44. The fraction of sp³-hybridized carbons (Fsp3) is 0.524. The van der Waals surface area contributed by atoms with E-state index in [-0.39, 0.29) is 17.0 Å². The molecule has 0 unspecified atom stereocenters. The topological polar surface area (TPSA) is 77.5 Å². The van der Waals surface area contributed by atoms with Crippen LogP contribution in [0.4, 0.5) is 5.69 Å². The van der Waals surface area contributed by atoms with Crippen molar-refractivity contribution in [3.05, 3.63) is 45.8 Å². The van der Waals surface area contributed by atoms with Gasteiger partial charge in [0.05, 0.1) is 20.6 Å². The number of non-ortho nitro benzene ring substituents is 1. The van der Waals surface area contributed by atoms with E-state index in [0.717, 1.165) is 29.5 Å². The third-order valence-electron chi connectivity index (χ3n) is 6.88. The minimum Gasteiger partial charge on any atom is -0.312 e. The fourth-order valence-corrected chi connectivity index (χ4v) is 7.22. The standard InChI is InChI=1S/C21H23N3O3S/c1-2-5-23-17-4-3-16(24(26)27)9-18(17)28-20(23)22-19(25)21-10-13-6-14(11-21)8-15(7-13)12-21/h2-4,9,13-15H,1,5-8,10-12H2. The van der Waals surface area contributed by atoms with Crippen molar-refractivity contribution in [3.63, 3.8) is 0 Å². The van der Waals surface area contributed by atoms with E-state index in [1.807, 2.05) is 4.57 Å². The molecule has 4 aliphatic carbocycles. The Morgan fingerprint density at radius 2 is 1.93 bits per heavy atom. The first-order chi connectivity index (χ1) is 13.5. The summed E-state index contributed by atoms with van der Waals surface area (Å²) < 4.78 is 2.71. The van der Waals surface area contributed by atoms with Crippen molar-refractivity contribution in [3.8, 4) is 0 Å². The highest BCUT2D eigenvalue weighted by Crippen LogP contribution is 2.60. The van der Waals surface area contributed by atoms with Crippen LogP contribution in [-0.4, -0.2) is 15.4 Å². The molecule has 1 aromatic heterocycles. The molecular formula is C21H23N3O3S. The van der Waals surface area contributed by atoms with Crippen LogP contribution < -0.4 is 4.80 Å². The molecule has 4 aliphatic rings. The molecule has 0 spiro atoms. The van der Waals surface area contributed by atoms with Crippen molar-refractivity contribution in [1.82, 2.24) is 4.57 Å². The molecule has 7 heteroatoms. The molecule has 0 atom stereocenters. The number of nitro benzene ring substituents is 1. The third-order valence-corrected chi connectivity index (χ3v) is 7.92. The smallest absolute Gasteiger partial charge is 0.270 e. The van der Waals surface area contributed by atoms with Crippen LogP contribution in [0.1, 0.15) is 38.5 Å². The average Bonchev–Trinajstić information content (AvgIpc) is 2.97. The van der Waals surface area contributed by atoms with Gasteiger partial charge in [0, 0.05) is 18.7 Å². The zero-order chi connectivity index (χ0) is 19.5. The first kappa shape index (κ1) is 17.8. The summed E-state index contributed by atoms with van der Waals surface area (Å²) in [6, 6.07) is 4.80. The second kappa shape index (κ2) is 6.37. The van der Waals surface area contributed by atoms with Crippen LogP contribution in [0.5, 0.6) is 0 Å². The van der Waals surface area contributed by atoms with Gasteiger partial charge in [0.25, 0.3) is 11.6 Å².